The number of benzene rings is 2. The van der Waals surface area contributed by atoms with Crippen LogP contribution in [0.1, 0.15) is 10.4 Å². The van der Waals surface area contributed by atoms with Gasteiger partial charge in [-0.1, -0.05) is 30.3 Å². The monoisotopic (exact) mass is 293 g/mol. The lowest BCUT2D eigenvalue weighted by molar-refractivity contribution is 0.100. The molecule has 5 heteroatoms. The maximum Gasteiger partial charge on any atom is 0.252 e. The molecule has 2 aromatic carbocycles. The van der Waals surface area contributed by atoms with Crippen LogP contribution in [0.15, 0.2) is 59.5 Å². The number of nitrogens with two attached hydrogens (primary N) is 1. The van der Waals surface area contributed by atoms with E-state index in [1.165, 1.54) is 16.8 Å². The number of carbonyl (C=O) groups is 1. The molecule has 0 radical (unpaired) electrons. The zero-order valence-electron chi connectivity index (χ0n) is 12.0. The van der Waals surface area contributed by atoms with Crippen LogP contribution in [0.25, 0.3) is 10.8 Å². The minimum atomic E-state index is -0.584. The first kappa shape index (κ1) is 13.9. The van der Waals surface area contributed by atoms with E-state index >= 15 is 0 Å². The van der Waals surface area contributed by atoms with Crippen molar-refractivity contribution in [2.75, 3.05) is 5.32 Å². The van der Waals surface area contributed by atoms with Gasteiger partial charge in [0, 0.05) is 25.0 Å². The SMILES string of the molecule is Cn1cc(C(N)=O)c(Nc2ccc3ccccc3c2)cc1=O. The number of hydrogen-bond acceptors (Lipinski definition) is 3. The normalized spacial score (nSPS) is 10.6. The molecule has 1 aromatic heterocycles. The van der Waals surface area contributed by atoms with Crippen molar-refractivity contribution in [2.45, 2.75) is 0 Å². The molecule has 5 nitrogen and oxygen atoms in total. The molecule has 0 bridgehead atoms. The molecule has 3 N–H and O–H groups in total. The highest BCUT2D eigenvalue weighted by Crippen LogP contribution is 2.23. The van der Waals surface area contributed by atoms with E-state index < -0.39 is 5.91 Å². The third kappa shape index (κ3) is 2.56. The summed E-state index contributed by atoms with van der Waals surface area (Å²) in [5.74, 6) is -0.584. The molecule has 110 valence electrons. The number of rotatable bonds is 3. The summed E-state index contributed by atoms with van der Waals surface area (Å²) in [4.78, 5) is 23.3. The Kier molecular flexibility index (Phi) is 3.39. The van der Waals surface area contributed by atoms with Gasteiger partial charge in [0.2, 0.25) is 0 Å². The van der Waals surface area contributed by atoms with Gasteiger partial charge in [0.15, 0.2) is 0 Å². The molecule has 22 heavy (non-hydrogen) atoms. The Morgan fingerprint density at radius 3 is 2.55 bits per heavy atom. The summed E-state index contributed by atoms with van der Waals surface area (Å²) in [6, 6.07) is 15.1. The number of aryl methyl sites for hydroxylation is 1. The lowest BCUT2D eigenvalue weighted by Gasteiger charge is -2.12. The number of aromatic nitrogens is 1. The van der Waals surface area contributed by atoms with Gasteiger partial charge in [-0.3, -0.25) is 9.59 Å². The van der Waals surface area contributed by atoms with E-state index in [1.54, 1.807) is 7.05 Å². The molecule has 0 saturated carbocycles. The fourth-order valence-corrected chi connectivity index (χ4v) is 2.35. The van der Waals surface area contributed by atoms with Crippen molar-refractivity contribution in [1.82, 2.24) is 4.57 Å². The molecule has 3 aromatic rings. The van der Waals surface area contributed by atoms with Gasteiger partial charge in [-0.15, -0.1) is 0 Å². The second-order valence-corrected chi connectivity index (χ2v) is 5.10. The van der Waals surface area contributed by atoms with E-state index in [0.717, 1.165) is 16.5 Å². The van der Waals surface area contributed by atoms with E-state index in [0.29, 0.717) is 5.69 Å². The molecule has 0 fully saturated rings. The van der Waals surface area contributed by atoms with Crippen LogP contribution in [0.4, 0.5) is 11.4 Å². The zero-order chi connectivity index (χ0) is 15.7. The molecule has 1 heterocycles. The van der Waals surface area contributed by atoms with Gasteiger partial charge in [0.05, 0.1) is 11.3 Å². The second-order valence-electron chi connectivity index (χ2n) is 5.10. The van der Waals surface area contributed by atoms with Crippen molar-refractivity contribution in [3.8, 4) is 0 Å². The van der Waals surface area contributed by atoms with Crippen molar-refractivity contribution < 1.29 is 4.79 Å². The number of carbonyl (C=O) groups excluding carboxylic acids is 1. The Morgan fingerprint density at radius 1 is 1.09 bits per heavy atom. The molecule has 0 unspecified atom stereocenters. The molecule has 0 spiro atoms. The summed E-state index contributed by atoms with van der Waals surface area (Å²) in [7, 11) is 1.58. The average Bonchev–Trinajstić information content (AvgIpc) is 2.50. The minimum absolute atomic E-state index is 0.215. The number of nitrogens with zero attached hydrogens (tertiary/aromatic N) is 1. The summed E-state index contributed by atoms with van der Waals surface area (Å²) in [5.41, 5.74) is 6.64. The minimum Gasteiger partial charge on any atom is -0.365 e. The molecule has 1 amide bonds. The van der Waals surface area contributed by atoms with Crippen LogP contribution in [0.3, 0.4) is 0 Å². The summed E-state index contributed by atoms with van der Waals surface area (Å²) in [6.07, 6.45) is 1.44. The third-order valence-corrected chi connectivity index (χ3v) is 3.52. The van der Waals surface area contributed by atoms with E-state index in [4.69, 9.17) is 5.73 Å². The van der Waals surface area contributed by atoms with E-state index in [9.17, 15) is 9.59 Å². The molecular formula is C17H15N3O2. The maximum absolute atomic E-state index is 11.8. The topological polar surface area (TPSA) is 77.1 Å². The summed E-state index contributed by atoms with van der Waals surface area (Å²) >= 11 is 0. The van der Waals surface area contributed by atoms with Crippen LogP contribution in [-0.2, 0) is 7.05 Å². The average molecular weight is 293 g/mol. The number of anilines is 2. The number of pyridine rings is 1. The third-order valence-electron chi connectivity index (χ3n) is 3.52. The van der Waals surface area contributed by atoms with Gasteiger partial charge in [-0.05, 0) is 22.9 Å². The highest BCUT2D eigenvalue weighted by molar-refractivity contribution is 5.99. The number of primary amides is 1. The lowest BCUT2D eigenvalue weighted by Crippen LogP contribution is -2.22. The Morgan fingerprint density at radius 2 is 1.82 bits per heavy atom. The van der Waals surface area contributed by atoms with Crippen LogP contribution in [-0.4, -0.2) is 10.5 Å². The van der Waals surface area contributed by atoms with Gasteiger partial charge in [-0.25, -0.2) is 0 Å². The highest BCUT2D eigenvalue weighted by atomic mass is 16.1. The molecule has 0 atom stereocenters. The Bertz CT molecular complexity index is 929. The van der Waals surface area contributed by atoms with Crippen LogP contribution >= 0.6 is 0 Å². The van der Waals surface area contributed by atoms with E-state index in [-0.39, 0.29) is 11.1 Å². The number of nitrogens with one attached hydrogen (secondary N) is 1. The van der Waals surface area contributed by atoms with Crippen molar-refractivity contribution in [2.24, 2.45) is 12.8 Å². The van der Waals surface area contributed by atoms with Crippen LogP contribution in [0, 0.1) is 0 Å². The van der Waals surface area contributed by atoms with Crippen molar-refractivity contribution in [3.05, 3.63) is 70.6 Å². The number of fused-ring (bicyclic) bond motifs is 1. The number of hydrogen-bond donors (Lipinski definition) is 2. The fourth-order valence-electron chi connectivity index (χ4n) is 2.35. The lowest BCUT2D eigenvalue weighted by atomic mass is 10.1. The molecule has 0 aliphatic carbocycles. The van der Waals surface area contributed by atoms with Crippen LogP contribution in [0.5, 0.6) is 0 Å². The standard InChI is InChI=1S/C17H15N3O2/c1-20-10-14(17(18)22)15(9-16(20)21)19-13-7-6-11-4-2-3-5-12(11)8-13/h2-10,19H,1H3,(H2,18,22). The summed E-state index contributed by atoms with van der Waals surface area (Å²) in [5, 5.41) is 5.28. The van der Waals surface area contributed by atoms with Gasteiger partial charge >= 0.3 is 0 Å². The number of amides is 1. The quantitative estimate of drug-likeness (QED) is 0.778. The first-order valence-corrected chi connectivity index (χ1v) is 6.81. The molecule has 0 saturated heterocycles. The van der Waals surface area contributed by atoms with Crippen molar-refractivity contribution >= 4 is 28.1 Å². The Labute approximate surface area is 127 Å². The van der Waals surface area contributed by atoms with Crippen molar-refractivity contribution in [1.29, 1.82) is 0 Å². The molecule has 3 rings (SSSR count). The first-order chi connectivity index (χ1) is 10.5. The highest BCUT2D eigenvalue weighted by Gasteiger charge is 2.11. The molecular weight excluding hydrogens is 278 g/mol. The fraction of sp³-hybridized carbons (Fsp3) is 0.0588. The Hall–Kier alpha value is -3.08. The smallest absolute Gasteiger partial charge is 0.252 e. The maximum atomic E-state index is 11.8. The second kappa shape index (κ2) is 5.37. The largest absolute Gasteiger partial charge is 0.365 e. The van der Waals surface area contributed by atoms with Gasteiger partial charge in [-0.2, -0.15) is 0 Å². The Balaban J connectivity index is 2.06. The first-order valence-electron chi connectivity index (χ1n) is 6.81. The molecule has 0 aliphatic heterocycles. The van der Waals surface area contributed by atoms with Gasteiger partial charge in [0.1, 0.15) is 0 Å². The summed E-state index contributed by atoms with van der Waals surface area (Å²) < 4.78 is 1.33. The predicted molar refractivity (Wildman–Crippen MR) is 87.4 cm³/mol. The van der Waals surface area contributed by atoms with Crippen molar-refractivity contribution in [3.63, 3.8) is 0 Å². The zero-order valence-corrected chi connectivity index (χ0v) is 12.0. The van der Waals surface area contributed by atoms with Crippen LogP contribution < -0.4 is 16.6 Å². The van der Waals surface area contributed by atoms with Gasteiger partial charge < -0.3 is 15.6 Å². The summed E-state index contributed by atoms with van der Waals surface area (Å²) in [6.45, 7) is 0. The molecule has 0 aliphatic rings. The predicted octanol–water partition coefficient (Wildman–Crippen LogP) is 2.38. The van der Waals surface area contributed by atoms with Gasteiger partial charge in [0.25, 0.3) is 11.5 Å². The van der Waals surface area contributed by atoms with E-state index in [1.807, 2.05) is 42.5 Å². The van der Waals surface area contributed by atoms with Crippen LogP contribution in [0.2, 0.25) is 0 Å². The van der Waals surface area contributed by atoms with E-state index in [2.05, 4.69) is 5.32 Å².